The average molecular weight is 320 g/mol. The average Bonchev–Trinajstić information content (AvgIpc) is 2.86. The fourth-order valence-electron chi connectivity index (χ4n) is 4.37. The first kappa shape index (κ1) is 16.5. The summed E-state index contributed by atoms with van der Waals surface area (Å²) in [6.45, 7) is 8.83. The van der Waals surface area contributed by atoms with E-state index < -0.39 is 5.54 Å². The number of hydrogen-bond acceptors (Lipinski definition) is 4. The number of fused-ring (bicyclic) bond motifs is 1. The van der Waals surface area contributed by atoms with Gasteiger partial charge in [-0.3, -0.25) is 9.48 Å². The Kier molecular flexibility index (Phi) is 3.80. The Hall–Kier alpha value is -1.40. The second-order valence-corrected chi connectivity index (χ2v) is 7.63. The number of rotatable bonds is 3. The van der Waals surface area contributed by atoms with Crippen LogP contribution in [-0.4, -0.2) is 33.9 Å². The fraction of sp³-hybridized carbons (Fsp3) is 0.765. The van der Waals surface area contributed by atoms with E-state index in [2.05, 4.69) is 10.4 Å². The Balaban J connectivity index is 1.78. The van der Waals surface area contributed by atoms with Crippen LogP contribution in [0.25, 0.3) is 0 Å². The predicted octanol–water partition coefficient (Wildman–Crippen LogP) is 1.44. The van der Waals surface area contributed by atoms with Gasteiger partial charge < -0.3 is 15.8 Å². The Morgan fingerprint density at radius 1 is 1.57 bits per heavy atom. The zero-order valence-corrected chi connectivity index (χ0v) is 14.7. The molecule has 128 valence electrons. The van der Waals surface area contributed by atoms with E-state index in [0.717, 1.165) is 30.7 Å². The molecule has 1 aliphatic heterocycles. The van der Waals surface area contributed by atoms with Gasteiger partial charge in [0.1, 0.15) is 5.54 Å². The molecule has 1 saturated heterocycles. The minimum Gasteiger partial charge on any atom is -0.377 e. The Morgan fingerprint density at radius 2 is 2.26 bits per heavy atom. The lowest BCUT2D eigenvalue weighted by Gasteiger charge is -2.65. The van der Waals surface area contributed by atoms with Crippen LogP contribution >= 0.6 is 0 Å². The SMILES string of the molecule is Cc1c(C(C)NC(=O)C2(N)C3CCCOC3C2(C)C)cnn1C. The van der Waals surface area contributed by atoms with Crippen LogP contribution in [0.15, 0.2) is 6.20 Å². The van der Waals surface area contributed by atoms with Crippen molar-refractivity contribution in [3.8, 4) is 0 Å². The molecule has 2 heterocycles. The molecule has 0 spiro atoms. The number of aromatic nitrogens is 2. The molecule has 3 rings (SSSR count). The van der Waals surface area contributed by atoms with Gasteiger partial charge in [0.25, 0.3) is 0 Å². The molecule has 4 atom stereocenters. The summed E-state index contributed by atoms with van der Waals surface area (Å²) in [4.78, 5) is 13.0. The number of carbonyl (C=O) groups is 1. The van der Waals surface area contributed by atoms with Crippen molar-refractivity contribution in [2.45, 2.75) is 58.2 Å². The standard InChI is InChI=1S/C17H28N4O2/c1-10(12-9-19-21(5)11(12)2)20-15(22)17(18)13-7-6-8-23-14(13)16(17,3)4/h9-10,13-14H,6-8,18H2,1-5H3,(H,20,22). The molecule has 0 radical (unpaired) electrons. The lowest BCUT2D eigenvalue weighted by atomic mass is 9.46. The van der Waals surface area contributed by atoms with Gasteiger partial charge in [0.15, 0.2) is 0 Å². The molecule has 1 aromatic heterocycles. The lowest BCUT2D eigenvalue weighted by Crippen LogP contribution is -2.82. The summed E-state index contributed by atoms with van der Waals surface area (Å²) in [5.41, 5.74) is 7.49. The maximum atomic E-state index is 13.0. The van der Waals surface area contributed by atoms with Gasteiger partial charge in [0.05, 0.1) is 18.3 Å². The number of nitrogens with zero attached hydrogens (tertiary/aromatic N) is 2. The summed E-state index contributed by atoms with van der Waals surface area (Å²) in [5, 5.41) is 7.36. The van der Waals surface area contributed by atoms with Crippen molar-refractivity contribution in [3.05, 3.63) is 17.5 Å². The molecule has 1 saturated carbocycles. The van der Waals surface area contributed by atoms with E-state index in [9.17, 15) is 4.79 Å². The Morgan fingerprint density at radius 3 is 2.87 bits per heavy atom. The first-order valence-corrected chi connectivity index (χ1v) is 8.41. The highest BCUT2D eigenvalue weighted by atomic mass is 16.5. The third-order valence-electron chi connectivity index (χ3n) is 6.15. The van der Waals surface area contributed by atoms with Gasteiger partial charge in [-0.2, -0.15) is 5.10 Å². The molecule has 1 aromatic rings. The van der Waals surface area contributed by atoms with Crippen LogP contribution < -0.4 is 11.1 Å². The van der Waals surface area contributed by atoms with Gasteiger partial charge in [-0.25, -0.2) is 0 Å². The van der Waals surface area contributed by atoms with E-state index in [-0.39, 0.29) is 29.4 Å². The summed E-state index contributed by atoms with van der Waals surface area (Å²) in [6.07, 6.45) is 3.82. The molecule has 0 aromatic carbocycles. The molecule has 2 aliphatic rings. The van der Waals surface area contributed by atoms with E-state index >= 15 is 0 Å². The highest BCUT2D eigenvalue weighted by molar-refractivity contribution is 5.89. The minimum atomic E-state index is -0.873. The Labute approximate surface area is 137 Å². The zero-order chi connectivity index (χ0) is 17.0. The number of nitrogens with one attached hydrogen (secondary N) is 1. The third kappa shape index (κ3) is 2.15. The van der Waals surface area contributed by atoms with E-state index in [1.807, 2.05) is 45.6 Å². The third-order valence-corrected chi connectivity index (χ3v) is 6.15. The van der Waals surface area contributed by atoms with E-state index in [0.29, 0.717) is 0 Å². The highest BCUT2D eigenvalue weighted by Crippen LogP contribution is 2.57. The number of aryl methyl sites for hydroxylation is 1. The van der Waals surface area contributed by atoms with Gasteiger partial charge in [0.2, 0.25) is 5.91 Å². The van der Waals surface area contributed by atoms with Crippen molar-refractivity contribution < 1.29 is 9.53 Å². The summed E-state index contributed by atoms with van der Waals surface area (Å²) in [5.74, 6) is 0.0263. The van der Waals surface area contributed by atoms with Gasteiger partial charge in [-0.05, 0) is 26.7 Å². The van der Waals surface area contributed by atoms with E-state index in [1.54, 1.807) is 0 Å². The summed E-state index contributed by atoms with van der Waals surface area (Å²) in [6, 6.07) is -0.115. The summed E-state index contributed by atoms with van der Waals surface area (Å²) in [7, 11) is 1.90. The topological polar surface area (TPSA) is 82.2 Å². The van der Waals surface area contributed by atoms with Gasteiger partial charge >= 0.3 is 0 Å². The van der Waals surface area contributed by atoms with Crippen LogP contribution in [0.3, 0.4) is 0 Å². The fourth-order valence-corrected chi connectivity index (χ4v) is 4.37. The van der Waals surface area contributed by atoms with Crippen LogP contribution in [0.4, 0.5) is 0 Å². The normalized spacial score (nSPS) is 33.5. The number of nitrogens with two attached hydrogens (primary N) is 1. The number of carbonyl (C=O) groups excluding carboxylic acids is 1. The molecule has 4 unspecified atom stereocenters. The van der Waals surface area contributed by atoms with Gasteiger partial charge in [-0.1, -0.05) is 13.8 Å². The molecule has 2 fully saturated rings. The van der Waals surface area contributed by atoms with Crippen LogP contribution in [0.5, 0.6) is 0 Å². The van der Waals surface area contributed by atoms with Crippen LogP contribution in [0, 0.1) is 18.3 Å². The second kappa shape index (κ2) is 5.31. The highest BCUT2D eigenvalue weighted by Gasteiger charge is 2.70. The van der Waals surface area contributed by atoms with E-state index in [4.69, 9.17) is 10.5 Å². The summed E-state index contributed by atoms with van der Waals surface area (Å²) >= 11 is 0. The Bertz CT molecular complexity index is 624. The number of amides is 1. The lowest BCUT2D eigenvalue weighted by molar-refractivity contribution is -0.225. The molecule has 1 amide bonds. The van der Waals surface area contributed by atoms with Crippen LogP contribution in [0.2, 0.25) is 0 Å². The van der Waals surface area contributed by atoms with Crippen molar-refractivity contribution in [1.82, 2.24) is 15.1 Å². The minimum absolute atomic E-state index is 0.0787. The molecule has 1 aliphatic carbocycles. The maximum Gasteiger partial charge on any atom is 0.241 e. The number of ether oxygens (including phenoxy) is 1. The molecule has 3 N–H and O–H groups in total. The predicted molar refractivity (Wildman–Crippen MR) is 87.7 cm³/mol. The molecule has 6 nitrogen and oxygen atoms in total. The van der Waals surface area contributed by atoms with Gasteiger partial charge in [-0.15, -0.1) is 0 Å². The van der Waals surface area contributed by atoms with Crippen LogP contribution in [-0.2, 0) is 16.6 Å². The smallest absolute Gasteiger partial charge is 0.241 e. The molecular weight excluding hydrogens is 292 g/mol. The van der Waals surface area contributed by atoms with E-state index in [1.165, 1.54) is 0 Å². The molecule has 23 heavy (non-hydrogen) atoms. The zero-order valence-electron chi connectivity index (χ0n) is 14.7. The first-order chi connectivity index (χ1) is 10.7. The largest absolute Gasteiger partial charge is 0.377 e. The molecule has 6 heteroatoms. The van der Waals surface area contributed by atoms with Crippen molar-refractivity contribution in [3.63, 3.8) is 0 Å². The second-order valence-electron chi connectivity index (χ2n) is 7.63. The quantitative estimate of drug-likeness (QED) is 0.883. The number of hydrogen-bond donors (Lipinski definition) is 2. The molecule has 0 bridgehead atoms. The van der Waals surface area contributed by atoms with Gasteiger partial charge in [0, 0.05) is 36.2 Å². The molecular formula is C17H28N4O2. The van der Waals surface area contributed by atoms with Crippen molar-refractivity contribution in [2.75, 3.05) is 6.61 Å². The van der Waals surface area contributed by atoms with Crippen LogP contribution in [0.1, 0.15) is 50.9 Å². The monoisotopic (exact) mass is 320 g/mol. The first-order valence-electron chi connectivity index (χ1n) is 8.41. The summed E-state index contributed by atoms with van der Waals surface area (Å²) < 4.78 is 7.69. The van der Waals surface area contributed by atoms with Crippen molar-refractivity contribution in [1.29, 1.82) is 0 Å². The van der Waals surface area contributed by atoms with Crippen molar-refractivity contribution in [2.24, 2.45) is 24.1 Å². The van der Waals surface area contributed by atoms with Crippen molar-refractivity contribution >= 4 is 5.91 Å². The maximum absolute atomic E-state index is 13.0.